The van der Waals surface area contributed by atoms with Gasteiger partial charge in [0.1, 0.15) is 4.83 Å². The molecule has 1 atom stereocenters. The number of hydrogen-bond donors (Lipinski definition) is 0. The highest BCUT2D eigenvalue weighted by atomic mass is 32.1. The van der Waals surface area contributed by atoms with Gasteiger partial charge in [-0.2, -0.15) is 4.98 Å². The Labute approximate surface area is 166 Å². The zero-order chi connectivity index (χ0) is 19.1. The summed E-state index contributed by atoms with van der Waals surface area (Å²) >= 11 is 1.70. The second-order valence-corrected chi connectivity index (χ2v) is 8.18. The highest BCUT2D eigenvalue weighted by Crippen LogP contribution is 2.42. The van der Waals surface area contributed by atoms with Crippen LogP contribution in [0.4, 0.5) is 0 Å². The number of pyridine rings is 2. The SMILES string of the molecule is C[C@H]1CCc2c(sc3nc(-c4cccnc4)nc(Oc4cccc[n+]4[O-])c23)C1. The maximum atomic E-state index is 12.1. The van der Waals surface area contributed by atoms with Gasteiger partial charge in [-0.3, -0.25) is 4.98 Å². The molecule has 0 saturated heterocycles. The Balaban J connectivity index is 1.72. The molecule has 0 fully saturated rings. The van der Waals surface area contributed by atoms with Gasteiger partial charge >= 0.3 is 5.88 Å². The molecule has 7 heteroatoms. The Kier molecular flexibility index (Phi) is 4.16. The maximum Gasteiger partial charge on any atom is 0.386 e. The largest absolute Gasteiger partial charge is 0.616 e. The van der Waals surface area contributed by atoms with Crippen LogP contribution in [-0.4, -0.2) is 15.0 Å². The highest BCUT2D eigenvalue weighted by molar-refractivity contribution is 7.18. The molecule has 0 radical (unpaired) electrons. The van der Waals surface area contributed by atoms with E-state index in [4.69, 9.17) is 9.72 Å². The smallest absolute Gasteiger partial charge is 0.386 e. The highest BCUT2D eigenvalue weighted by Gasteiger charge is 2.26. The van der Waals surface area contributed by atoms with Crippen molar-refractivity contribution < 1.29 is 9.47 Å². The van der Waals surface area contributed by atoms with Gasteiger partial charge in [0, 0.05) is 28.9 Å². The molecule has 0 aromatic carbocycles. The number of nitrogens with zero attached hydrogens (tertiary/aromatic N) is 4. The minimum atomic E-state index is 0.198. The molecule has 0 unspecified atom stereocenters. The summed E-state index contributed by atoms with van der Waals surface area (Å²) < 4.78 is 6.73. The predicted molar refractivity (Wildman–Crippen MR) is 107 cm³/mol. The van der Waals surface area contributed by atoms with Gasteiger partial charge in [-0.1, -0.05) is 6.92 Å². The van der Waals surface area contributed by atoms with Crippen LogP contribution in [0.5, 0.6) is 11.8 Å². The fraction of sp³-hybridized carbons (Fsp3) is 0.238. The van der Waals surface area contributed by atoms with Crippen molar-refractivity contribution in [3.8, 4) is 23.1 Å². The lowest BCUT2D eigenvalue weighted by atomic mass is 9.89. The summed E-state index contributed by atoms with van der Waals surface area (Å²) in [6.07, 6.45) is 8.03. The van der Waals surface area contributed by atoms with Crippen LogP contribution >= 0.6 is 11.3 Å². The van der Waals surface area contributed by atoms with Crippen molar-refractivity contribution in [2.24, 2.45) is 5.92 Å². The summed E-state index contributed by atoms with van der Waals surface area (Å²) in [4.78, 5) is 15.9. The number of fused-ring (bicyclic) bond motifs is 3. The lowest BCUT2D eigenvalue weighted by molar-refractivity contribution is -0.611. The van der Waals surface area contributed by atoms with Crippen LogP contribution in [0.2, 0.25) is 0 Å². The van der Waals surface area contributed by atoms with Gasteiger partial charge in [0.2, 0.25) is 5.88 Å². The van der Waals surface area contributed by atoms with Gasteiger partial charge in [-0.25, -0.2) is 4.98 Å². The van der Waals surface area contributed by atoms with Gasteiger partial charge < -0.3 is 9.94 Å². The van der Waals surface area contributed by atoms with Crippen LogP contribution < -0.4 is 9.47 Å². The van der Waals surface area contributed by atoms with Gasteiger partial charge in [0.15, 0.2) is 12.0 Å². The van der Waals surface area contributed by atoms with E-state index in [9.17, 15) is 5.21 Å². The molecular formula is C21H18N4O2S. The summed E-state index contributed by atoms with van der Waals surface area (Å²) in [5, 5.41) is 13.1. The van der Waals surface area contributed by atoms with Crippen LogP contribution in [0.25, 0.3) is 21.6 Å². The zero-order valence-corrected chi connectivity index (χ0v) is 16.1. The summed E-state index contributed by atoms with van der Waals surface area (Å²) in [6, 6.07) is 8.86. The van der Waals surface area contributed by atoms with E-state index in [-0.39, 0.29) is 5.88 Å². The molecule has 4 heterocycles. The minimum Gasteiger partial charge on any atom is -0.616 e. The van der Waals surface area contributed by atoms with E-state index < -0.39 is 0 Å². The number of thiophene rings is 1. The molecule has 0 saturated carbocycles. The number of ether oxygens (including phenoxy) is 1. The fourth-order valence-corrected chi connectivity index (χ4v) is 4.97. The first-order valence-corrected chi connectivity index (χ1v) is 10.1. The summed E-state index contributed by atoms with van der Waals surface area (Å²) in [6.45, 7) is 2.28. The normalized spacial score (nSPS) is 16.1. The van der Waals surface area contributed by atoms with Crippen LogP contribution in [0.15, 0.2) is 48.9 Å². The minimum absolute atomic E-state index is 0.198. The molecule has 28 heavy (non-hydrogen) atoms. The van der Waals surface area contributed by atoms with E-state index in [2.05, 4.69) is 16.9 Å². The summed E-state index contributed by atoms with van der Waals surface area (Å²) in [7, 11) is 0. The van der Waals surface area contributed by atoms with E-state index in [1.165, 1.54) is 16.6 Å². The van der Waals surface area contributed by atoms with Crippen LogP contribution in [0.3, 0.4) is 0 Å². The molecule has 6 nitrogen and oxygen atoms in total. The van der Waals surface area contributed by atoms with E-state index in [0.29, 0.717) is 22.4 Å². The average Bonchev–Trinajstić information content (AvgIpc) is 3.08. The molecule has 4 aromatic heterocycles. The molecule has 0 spiro atoms. The summed E-state index contributed by atoms with van der Waals surface area (Å²) in [5.74, 6) is 1.85. The van der Waals surface area contributed by atoms with E-state index in [0.717, 1.165) is 35.0 Å². The standard InChI is InChI=1S/C21H18N4O2S/c1-13-7-8-15-16(11-13)28-21-18(15)20(27-17-6-2-3-10-25(17)26)23-19(24-21)14-5-4-9-22-12-14/h2-6,9-10,12-13H,7-8,11H2,1H3/t13-/m0/s1. The average molecular weight is 390 g/mol. The lowest BCUT2D eigenvalue weighted by Gasteiger charge is -2.18. The second kappa shape index (κ2) is 6.83. The van der Waals surface area contributed by atoms with Gasteiger partial charge in [0.25, 0.3) is 0 Å². The Morgan fingerprint density at radius 2 is 2.14 bits per heavy atom. The Bertz CT molecular complexity index is 1160. The molecule has 4 aromatic rings. The maximum absolute atomic E-state index is 12.1. The molecule has 0 aliphatic heterocycles. The van der Waals surface area contributed by atoms with E-state index >= 15 is 0 Å². The van der Waals surface area contributed by atoms with Crippen LogP contribution in [-0.2, 0) is 12.8 Å². The molecule has 0 amide bonds. The Morgan fingerprint density at radius 1 is 1.21 bits per heavy atom. The van der Waals surface area contributed by atoms with E-state index in [1.807, 2.05) is 12.1 Å². The van der Waals surface area contributed by atoms with Crippen molar-refractivity contribution in [1.29, 1.82) is 0 Å². The van der Waals surface area contributed by atoms with Crippen LogP contribution in [0.1, 0.15) is 23.8 Å². The molecule has 1 aliphatic rings. The number of hydrogen-bond acceptors (Lipinski definition) is 6. The molecule has 1 aliphatic carbocycles. The van der Waals surface area contributed by atoms with Crippen molar-refractivity contribution >= 4 is 21.6 Å². The van der Waals surface area contributed by atoms with Gasteiger partial charge in [-0.15, -0.1) is 16.1 Å². The zero-order valence-electron chi connectivity index (χ0n) is 15.3. The first-order valence-electron chi connectivity index (χ1n) is 9.28. The predicted octanol–water partition coefficient (Wildman–Crippen LogP) is 4.30. The van der Waals surface area contributed by atoms with E-state index in [1.54, 1.807) is 41.9 Å². The van der Waals surface area contributed by atoms with Gasteiger partial charge in [0.05, 0.1) is 11.5 Å². The fourth-order valence-electron chi connectivity index (χ4n) is 3.60. The van der Waals surface area contributed by atoms with Gasteiger partial charge in [-0.05, 0) is 48.9 Å². The summed E-state index contributed by atoms with van der Waals surface area (Å²) in [5.41, 5.74) is 2.08. The third-order valence-corrected chi connectivity index (χ3v) is 6.18. The molecular weight excluding hydrogens is 372 g/mol. The molecule has 5 rings (SSSR count). The second-order valence-electron chi connectivity index (χ2n) is 7.09. The molecule has 0 N–H and O–H groups in total. The van der Waals surface area contributed by atoms with Crippen molar-refractivity contribution in [2.45, 2.75) is 26.2 Å². The Morgan fingerprint density at radius 3 is 2.96 bits per heavy atom. The third-order valence-electron chi connectivity index (χ3n) is 5.03. The first kappa shape index (κ1) is 17.1. The first-order chi connectivity index (χ1) is 13.7. The van der Waals surface area contributed by atoms with Crippen molar-refractivity contribution in [3.63, 3.8) is 0 Å². The lowest BCUT2D eigenvalue weighted by Crippen LogP contribution is -2.27. The quantitative estimate of drug-likeness (QED) is 0.385. The monoisotopic (exact) mass is 390 g/mol. The van der Waals surface area contributed by atoms with Crippen molar-refractivity contribution in [3.05, 3.63) is 64.6 Å². The number of aryl methyl sites for hydroxylation is 1. The van der Waals surface area contributed by atoms with Crippen molar-refractivity contribution in [1.82, 2.24) is 15.0 Å². The molecule has 0 bridgehead atoms. The Hall–Kier alpha value is -3.06. The number of aromatic nitrogens is 4. The number of rotatable bonds is 3. The third kappa shape index (κ3) is 2.97. The molecule has 140 valence electrons. The topological polar surface area (TPSA) is 74.8 Å². The van der Waals surface area contributed by atoms with Crippen LogP contribution in [0, 0.1) is 11.1 Å². The van der Waals surface area contributed by atoms with Crippen molar-refractivity contribution in [2.75, 3.05) is 0 Å².